The monoisotopic (exact) mass is 688 g/mol. The van der Waals surface area contributed by atoms with Gasteiger partial charge >= 0.3 is 0 Å². The van der Waals surface area contributed by atoms with E-state index in [4.69, 9.17) is 0 Å². The van der Waals surface area contributed by atoms with Crippen molar-refractivity contribution in [1.82, 2.24) is 0 Å². The summed E-state index contributed by atoms with van der Waals surface area (Å²) >= 11 is 1.90. The average molecular weight is 689 g/mol. The van der Waals surface area contributed by atoms with Crippen molar-refractivity contribution in [3.8, 4) is 44.5 Å². The minimum atomic E-state index is 1.23. The number of hydrogen-bond acceptors (Lipinski definition) is 1. The molecule has 246 valence electrons. The SMILES string of the molecule is c1ccc2cc(-c3ccc4sc5c(-c6ccc(-c7cc8ccccc8c8ccccc78)cc6)cc(-c6ccc7ccccc7c6)cc5c4c3)ccc2c1. The van der Waals surface area contributed by atoms with Gasteiger partial charge in [-0.15, -0.1) is 11.3 Å². The zero-order valence-corrected chi connectivity index (χ0v) is 29.7. The van der Waals surface area contributed by atoms with Gasteiger partial charge in [0.15, 0.2) is 0 Å². The van der Waals surface area contributed by atoms with Gasteiger partial charge < -0.3 is 0 Å². The van der Waals surface area contributed by atoms with Crippen molar-refractivity contribution in [3.05, 3.63) is 194 Å². The Kier molecular flexibility index (Phi) is 6.83. The first-order valence-electron chi connectivity index (χ1n) is 18.2. The van der Waals surface area contributed by atoms with Crippen LogP contribution in [0.15, 0.2) is 194 Å². The Balaban J connectivity index is 1.10. The molecule has 0 N–H and O–H groups in total. The lowest BCUT2D eigenvalue weighted by Crippen LogP contribution is -1.86. The Morgan fingerprint density at radius 1 is 0.245 bits per heavy atom. The van der Waals surface area contributed by atoms with Crippen LogP contribution < -0.4 is 0 Å². The molecule has 0 nitrogen and oxygen atoms in total. The smallest absolute Gasteiger partial charge is 0.0434 e. The molecule has 53 heavy (non-hydrogen) atoms. The summed E-state index contributed by atoms with van der Waals surface area (Å²) in [6.07, 6.45) is 0. The molecule has 11 aromatic rings. The molecule has 0 bridgehead atoms. The summed E-state index contributed by atoms with van der Waals surface area (Å²) in [6, 6.07) is 71.9. The maximum atomic E-state index is 2.42. The van der Waals surface area contributed by atoms with Gasteiger partial charge in [-0.3, -0.25) is 0 Å². The van der Waals surface area contributed by atoms with E-state index < -0.39 is 0 Å². The van der Waals surface area contributed by atoms with E-state index in [2.05, 4.69) is 194 Å². The van der Waals surface area contributed by atoms with Crippen molar-refractivity contribution < 1.29 is 0 Å². The van der Waals surface area contributed by atoms with E-state index >= 15 is 0 Å². The van der Waals surface area contributed by atoms with Gasteiger partial charge in [0.2, 0.25) is 0 Å². The molecule has 0 saturated carbocycles. The second-order valence-electron chi connectivity index (χ2n) is 14.1. The third-order valence-corrected chi connectivity index (χ3v) is 12.2. The van der Waals surface area contributed by atoms with E-state index in [1.54, 1.807) is 0 Å². The summed E-state index contributed by atoms with van der Waals surface area (Å²) in [4.78, 5) is 0. The molecule has 1 heterocycles. The molecule has 1 heteroatoms. The number of hydrogen-bond donors (Lipinski definition) is 0. The molecule has 0 spiro atoms. The lowest BCUT2D eigenvalue weighted by molar-refractivity contribution is 1.63. The second kappa shape index (κ2) is 12.0. The van der Waals surface area contributed by atoms with Crippen LogP contribution in [0.2, 0.25) is 0 Å². The normalized spacial score (nSPS) is 11.8. The van der Waals surface area contributed by atoms with Gasteiger partial charge in [-0.05, 0) is 124 Å². The predicted octanol–water partition coefficient (Wildman–Crippen LogP) is 15.3. The van der Waals surface area contributed by atoms with Crippen LogP contribution in [0.4, 0.5) is 0 Å². The van der Waals surface area contributed by atoms with Gasteiger partial charge in [-0.25, -0.2) is 0 Å². The number of fused-ring (bicyclic) bond motifs is 8. The fourth-order valence-electron chi connectivity index (χ4n) is 8.30. The van der Waals surface area contributed by atoms with Crippen LogP contribution in [-0.4, -0.2) is 0 Å². The summed E-state index contributed by atoms with van der Waals surface area (Å²) in [5, 5.41) is 12.8. The minimum absolute atomic E-state index is 1.23. The molecule has 11 rings (SSSR count). The van der Waals surface area contributed by atoms with Crippen molar-refractivity contribution in [2.75, 3.05) is 0 Å². The topological polar surface area (TPSA) is 0 Å². The molecule has 0 atom stereocenters. The summed E-state index contributed by atoms with van der Waals surface area (Å²) in [7, 11) is 0. The Morgan fingerprint density at radius 2 is 0.736 bits per heavy atom. The average Bonchev–Trinajstić information content (AvgIpc) is 3.61. The number of thiophene rings is 1. The summed E-state index contributed by atoms with van der Waals surface area (Å²) in [5.74, 6) is 0. The van der Waals surface area contributed by atoms with Crippen LogP contribution in [0.3, 0.4) is 0 Å². The molecule has 0 fully saturated rings. The van der Waals surface area contributed by atoms with Gasteiger partial charge in [-0.1, -0.05) is 152 Å². The lowest BCUT2D eigenvalue weighted by atomic mass is 9.91. The quantitative estimate of drug-likeness (QED) is 0.162. The Bertz CT molecular complexity index is 3220. The maximum absolute atomic E-state index is 2.42. The molecule has 0 saturated heterocycles. The molecule has 1 aromatic heterocycles. The van der Waals surface area contributed by atoms with E-state index in [1.807, 2.05) is 11.3 Å². The lowest BCUT2D eigenvalue weighted by Gasteiger charge is -2.13. The highest BCUT2D eigenvalue weighted by Gasteiger charge is 2.16. The number of rotatable bonds is 4. The van der Waals surface area contributed by atoms with Gasteiger partial charge in [0.25, 0.3) is 0 Å². The summed E-state index contributed by atoms with van der Waals surface area (Å²) < 4.78 is 2.63. The molecule has 10 aromatic carbocycles. The fraction of sp³-hybridized carbons (Fsp3) is 0. The van der Waals surface area contributed by atoms with E-state index in [9.17, 15) is 0 Å². The molecule has 0 unspecified atom stereocenters. The highest BCUT2D eigenvalue weighted by molar-refractivity contribution is 7.26. The Labute approximate surface area is 311 Å². The van der Waals surface area contributed by atoms with E-state index in [0.717, 1.165) is 0 Å². The van der Waals surface area contributed by atoms with Crippen molar-refractivity contribution in [2.45, 2.75) is 0 Å². The summed E-state index contributed by atoms with van der Waals surface area (Å²) in [6.45, 7) is 0. The maximum Gasteiger partial charge on any atom is 0.0434 e. The van der Waals surface area contributed by atoms with E-state index in [1.165, 1.54) is 108 Å². The van der Waals surface area contributed by atoms with E-state index in [0.29, 0.717) is 0 Å². The zero-order chi connectivity index (χ0) is 34.9. The second-order valence-corrected chi connectivity index (χ2v) is 15.2. The summed E-state index contributed by atoms with van der Waals surface area (Å²) in [5.41, 5.74) is 9.95. The van der Waals surface area contributed by atoms with Crippen molar-refractivity contribution in [2.24, 2.45) is 0 Å². The number of benzene rings is 10. The molecule has 0 aliphatic rings. The molecule has 0 aliphatic heterocycles. The zero-order valence-electron chi connectivity index (χ0n) is 28.9. The molecule has 0 radical (unpaired) electrons. The van der Waals surface area contributed by atoms with Crippen LogP contribution in [0.25, 0.3) is 108 Å². The van der Waals surface area contributed by atoms with Crippen molar-refractivity contribution >= 4 is 74.6 Å². The van der Waals surface area contributed by atoms with Crippen LogP contribution in [0.5, 0.6) is 0 Å². The highest BCUT2D eigenvalue weighted by Crippen LogP contribution is 2.45. The van der Waals surface area contributed by atoms with Crippen molar-refractivity contribution in [3.63, 3.8) is 0 Å². The van der Waals surface area contributed by atoms with Crippen LogP contribution in [0, 0.1) is 0 Å². The standard InChI is InChI=1S/C52H32S/c1-3-11-37-27-39(23-17-33(37)9-1)41-25-26-51-49(29-41)50-32-43(40-24-18-34-10-2-4-12-38(34)28-40)31-48(52(50)53-51)36-21-19-35(20-22-36)47-30-42-13-5-6-14-44(42)45-15-7-8-16-46(45)47/h1-32H. The minimum Gasteiger partial charge on any atom is -0.135 e. The van der Waals surface area contributed by atoms with Crippen molar-refractivity contribution in [1.29, 1.82) is 0 Å². The molecule has 0 amide bonds. The highest BCUT2D eigenvalue weighted by atomic mass is 32.1. The van der Waals surface area contributed by atoms with Crippen LogP contribution in [-0.2, 0) is 0 Å². The first-order chi connectivity index (χ1) is 26.2. The van der Waals surface area contributed by atoms with Gasteiger partial charge in [0, 0.05) is 25.7 Å². The molecular weight excluding hydrogens is 657 g/mol. The van der Waals surface area contributed by atoms with Crippen LogP contribution in [0.1, 0.15) is 0 Å². The Hall–Kier alpha value is -6.54. The third kappa shape index (κ3) is 5.04. The van der Waals surface area contributed by atoms with Gasteiger partial charge in [0.05, 0.1) is 0 Å². The Morgan fingerprint density at radius 3 is 1.43 bits per heavy atom. The molecular formula is C52H32S. The van der Waals surface area contributed by atoms with Gasteiger partial charge in [0.1, 0.15) is 0 Å². The third-order valence-electron chi connectivity index (χ3n) is 11.0. The largest absolute Gasteiger partial charge is 0.135 e. The van der Waals surface area contributed by atoms with Gasteiger partial charge in [-0.2, -0.15) is 0 Å². The first kappa shape index (κ1) is 30.1. The fourth-order valence-corrected chi connectivity index (χ4v) is 9.50. The van der Waals surface area contributed by atoms with E-state index in [-0.39, 0.29) is 0 Å². The van der Waals surface area contributed by atoms with Crippen LogP contribution >= 0.6 is 11.3 Å². The predicted molar refractivity (Wildman–Crippen MR) is 231 cm³/mol. The first-order valence-corrected chi connectivity index (χ1v) is 19.1. The molecule has 0 aliphatic carbocycles.